The van der Waals surface area contributed by atoms with E-state index in [2.05, 4.69) is 11.9 Å². The van der Waals surface area contributed by atoms with Crippen molar-refractivity contribution in [3.8, 4) is 0 Å². The minimum Gasteiger partial charge on any atom is -0.377 e. The molecular weight excluding hydrogens is 228 g/mol. The van der Waals surface area contributed by atoms with Gasteiger partial charge < -0.3 is 15.8 Å². The van der Waals surface area contributed by atoms with E-state index >= 15 is 0 Å². The van der Waals surface area contributed by atoms with E-state index in [0.29, 0.717) is 0 Å². The number of ether oxygens (including phenoxy) is 1. The summed E-state index contributed by atoms with van der Waals surface area (Å²) in [5.74, 6) is 0.0601. The molecule has 2 fully saturated rings. The molecule has 3 N–H and O–H groups in total. The quantitative estimate of drug-likeness (QED) is 0.742. The van der Waals surface area contributed by atoms with Crippen LogP contribution in [0.3, 0.4) is 0 Å². The normalized spacial score (nSPS) is 39.1. The molecule has 0 spiro atoms. The molecule has 1 aliphatic carbocycles. The highest BCUT2D eigenvalue weighted by Gasteiger charge is 2.70. The van der Waals surface area contributed by atoms with Crippen molar-refractivity contribution < 1.29 is 9.53 Å². The topological polar surface area (TPSA) is 64.4 Å². The number of amides is 1. The summed E-state index contributed by atoms with van der Waals surface area (Å²) in [6.45, 7) is 10.4. The Labute approximate surface area is 109 Å². The van der Waals surface area contributed by atoms with Gasteiger partial charge in [0.25, 0.3) is 0 Å². The largest absolute Gasteiger partial charge is 0.377 e. The highest BCUT2D eigenvalue weighted by atomic mass is 16.5. The van der Waals surface area contributed by atoms with Gasteiger partial charge in [0.2, 0.25) is 5.91 Å². The summed E-state index contributed by atoms with van der Waals surface area (Å²) in [7, 11) is 0. The number of nitrogens with two attached hydrogens (primary N) is 1. The molecule has 18 heavy (non-hydrogen) atoms. The number of hydrogen-bond donors (Lipinski definition) is 2. The van der Waals surface area contributed by atoms with Gasteiger partial charge in [0, 0.05) is 24.0 Å². The lowest BCUT2D eigenvalue weighted by Gasteiger charge is -2.65. The summed E-state index contributed by atoms with van der Waals surface area (Å²) in [6.07, 6.45) is 3.78. The third-order valence-electron chi connectivity index (χ3n) is 4.77. The Morgan fingerprint density at radius 2 is 2.28 bits per heavy atom. The number of rotatable bonds is 3. The van der Waals surface area contributed by atoms with Gasteiger partial charge in [0.05, 0.1) is 6.10 Å². The monoisotopic (exact) mass is 252 g/mol. The lowest BCUT2D eigenvalue weighted by atomic mass is 9.46. The third kappa shape index (κ3) is 1.62. The summed E-state index contributed by atoms with van der Waals surface area (Å²) in [5.41, 5.74) is 5.31. The Balaban J connectivity index is 2.18. The first-order chi connectivity index (χ1) is 8.35. The first-order valence-corrected chi connectivity index (χ1v) is 6.69. The average Bonchev–Trinajstić information content (AvgIpc) is 2.37. The second-order valence-corrected chi connectivity index (χ2v) is 6.13. The van der Waals surface area contributed by atoms with Crippen molar-refractivity contribution in [3.63, 3.8) is 0 Å². The third-order valence-corrected chi connectivity index (χ3v) is 4.77. The minimum absolute atomic E-state index is 0.0581. The van der Waals surface area contributed by atoms with Gasteiger partial charge in [-0.3, -0.25) is 4.79 Å². The molecule has 102 valence electrons. The Bertz CT molecular complexity index is 367. The van der Waals surface area contributed by atoms with Crippen LogP contribution >= 0.6 is 0 Å². The molecule has 0 radical (unpaired) electrons. The summed E-state index contributed by atoms with van der Waals surface area (Å²) < 4.78 is 5.79. The Morgan fingerprint density at radius 3 is 2.89 bits per heavy atom. The molecule has 4 nitrogen and oxygen atoms in total. The summed E-state index contributed by atoms with van der Waals surface area (Å²) in [5, 5.41) is 2.92. The Kier molecular flexibility index (Phi) is 3.28. The second-order valence-electron chi connectivity index (χ2n) is 6.13. The molecular formula is C14H24N2O2. The van der Waals surface area contributed by atoms with E-state index in [9.17, 15) is 4.79 Å². The first-order valence-electron chi connectivity index (χ1n) is 6.69. The zero-order valence-corrected chi connectivity index (χ0v) is 11.5. The van der Waals surface area contributed by atoms with Gasteiger partial charge in [-0.1, -0.05) is 19.9 Å². The number of fused-ring (bicyclic) bond motifs is 1. The molecule has 2 aliphatic rings. The van der Waals surface area contributed by atoms with E-state index in [0.717, 1.165) is 19.4 Å². The molecule has 0 bridgehead atoms. The van der Waals surface area contributed by atoms with E-state index in [4.69, 9.17) is 10.5 Å². The van der Waals surface area contributed by atoms with Crippen LogP contribution in [0.5, 0.6) is 0 Å². The van der Waals surface area contributed by atoms with Crippen molar-refractivity contribution in [3.05, 3.63) is 12.7 Å². The van der Waals surface area contributed by atoms with Crippen LogP contribution in [0.4, 0.5) is 0 Å². The predicted molar refractivity (Wildman–Crippen MR) is 71.0 cm³/mol. The standard InChI is InChI=1S/C14H24N2O2/c1-5-9(2)16-12(17)14(15)10-7-6-8-18-11(10)13(14,3)4/h5,9-11H,1,6-8,15H2,2-4H3,(H,16,17). The van der Waals surface area contributed by atoms with Crippen LogP contribution in [0.25, 0.3) is 0 Å². The SMILES string of the molecule is C=CC(C)NC(=O)C1(N)C2CCCOC2C1(C)C. The highest BCUT2D eigenvalue weighted by molar-refractivity contribution is 5.89. The fraction of sp³-hybridized carbons (Fsp3) is 0.786. The molecule has 4 unspecified atom stereocenters. The lowest BCUT2D eigenvalue weighted by molar-refractivity contribution is -0.225. The molecule has 1 saturated carbocycles. The van der Waals surface area contributed by atoms with Crippen LogP contribution in [0.2, 0.25) is 0 Å². The highest BCUT2D eigenvalue weighted by Crippen LogP contribution is 2.57. The van der Waals surface area contributed by atoms with Gasteiger partial charge in [0.1, 0.15) is 5.54 Å². The molecule has 1 saturated heterocycles. The van der Waals surface area contributed by atoms with Crippen molar-refractivity contribution in [1.29, 1.82) is 0 Å². The molecule has 1 heterocycles. The molecule has 0 aromatic rings. The number of nitrogens with one attached hydrogen (secondary N) is 1. The lowest BCUT2D eigenvalue weighted by Crippen LogP contribution is -2.82. The van der Waals surface area contributed by atoms with Crippen molar-refractivity contribution in [2.75, 3.05) is 6.61 Å². The Hall–Kier alpha value is -0.870. The maximum Gasteiger partial charge on any atom is 0.241 e. The average molecular weight is 252 g/mol. The van der Waals surface area contributed by atoms with E-state index in [1.54, 1.807) is 6.08 Å². The fourth-order valence-electron chi connectivity index (χ4n) is 3.42. The molecule has 2 rings (SSSR count). The van der Waals surface area contributed by atoms with Crippen LogP contribution in [-0.4, -0.2) is 30.2 Å². The van der Waals surface area contributed by atoms with E-state index in [-0.39, 0.29) is 29.4 Å². The molecule has 0 aromatic carbocycles. The van der Waals surface area contributed by atoms with Crippen LogP contribution < -0.4 is 11.1 Å². The number of carbonyl (C=O) groups is 1. The maximum atomic E-state index is 12.4. The molecule has 0 aromatic heterocycles. The zero-order chi connectivity index (χ0) is 13.6. The molecule has 1 amide bonds. The van der Waals surface area contributed by atoms with Crippen molar-refractivity contribution in [1.82, 2.24) is 5.32 Å². The van der Waals surface area contributed by atoms with E-state index < -0.39 is 5.54 Å². The maximum absolute atomic E-state index is 12.4. The summed E-state index contributed by atoms with van der Waals surface area (Å²) in [4.78, 5) is 12.4. The predicted octanol–water partition coefficient (Wildman–Crippen LogP) is 1.21. The van der Waals surface area contributed by atoms with Crippen LogP contribution in [0.1, 0.15) is 33.6 Å². The Morgan fingerprint density at radius 1 is 1.61 bits per heavy atom. The fourth-order valence-corrected chi connectivity index (χ4v) is 3.42. The molecule has 1 aliphatic heterocycles. The summed E-state index contributed by atoms with van der Waals surface area (Å²) >= 11 is 0. The second kappa shape index (κ2) is 4.35. The first kappa shape index (κ1) is 13.6. The van der Waals surface area contributed by atoms with Gasteiger partial charge in [-0.25, -0.2) is 0 Å². The van der Waals surface area contributed by atoms with Gasteiger partial charge in [-0.15, -0.1) is 6.58 Å². The van der Waals surface area contributed by atoms with Crippen molar-refractivity contribution in [2.45, 2.75) is 51.3 Å². The van der Waals surface area contributed by atoms with Crippen LogP contribution in [0, 0.1) is 11.3 Å². The van der Waals surface area contributed by atoms with Gasteiger partial charge in [-0.05, 0) is 19.8 Å². The number of hydrogen-bond acceptors (Lipinski definition) is 3. The smallest absolute Gasteiger partial charge is 0.241 e. The summed E-state index contributed by atoms with van der Waals surface area (Å²) in [6, 6.07) is -0.0581. The van der Waals surface area contributed by atoms with E-state index in [1.165, 1.54) is 0 Å². The van der Waals surface area contributed by atoms with E-state index in [1.807, 2.05) is 20.8 Å². The molecule has 4 atom stereocenters. The van der Waals surface area contributed by atoms with Crippen molar-refractivity contribution in [2.24, 2.45) is 17.1 Å². The minimum atomic E-state index is -0.824. The van der Waals surface area contributed by atoms with Crippen LogP contribution in [0.15, 0.2) is 12.7 Å². The van der Waals surface area contributed by atoms with Gasteiger partial charge in [0.15, 0.2) is 0 Å². The zero-order valence-electron chi connectivity index (χ0n) is 11.5. The van der Waals surface area contributed by atoms with Crippen LogP contribution in [-0.2, 0) is 9.53 Å². The number of carbonyl (C=O) groups excluding carboxylic acids is 1. The molecule has 4 heteroatoms. The van der Waals surface area contributed by atoms with Crippen molar-refractivity contribution >= 4 is 5.91 Å². The van der Waals surface area contributed by atoms with Gasteiger partial charge >= 0.3 is 0 Å². The van der Waals surface area contributed by atoms with Gasteiger partial charge in [-0.2, -0.15) is 0 Å².